The molecule has 0 fully saturated rings. The monoisotopic (exact) mass is 328 g/mol. The first-order chi connectivity index (χ1) is 11.8. The predicted octanol–water partition coefficient (Wildman–Crippen LogP) is 2.35. The van der Waals surface area contributed by atoms with Gasteiger partial charge in [0.25, 0.3) is 5.91 Å². The molecule has 0 radical (unpaired) electrons. The second-order valence-corrected chi connectivity index (χ2v) is 5.44. The average Bonchev–Trinajstić information content (AvgIpc) is 3.08. The van der Waals surface area contributed by atoms with E-state index in [1.807, 2.05) is 18.2 Å². The number of benzene rings is 1. The Labute approximate surface area is 140 Å². The molecule has 1 aliphatic rings. The van der Waals surface area contributed by atoms with Crippen LogP contribution in [-0.2, 0) is 6.54 Å². The molecule has 0 spiro atoms. The van der Waals surface area contributed by atoms with E-state index in [1.165, 1.54) is 6.33 Å². The van der Waals surface area contributed by atoms with Gasteiger partial charge in [0.1, 0.15) is 17.8 Å². The number of aromatic nitrogens is 2. The van der Waals surface area contributed by atoms with Gasteiger partial charge in [-0.05, 0) is 24.1 Å². The molecule has 7 heteroatoms. The van der Waals surface area contributed by atoms with E-state index in [-0.39, 0.29) is 12.7 Å². The van der Waals surface area contributed by atoms with Crippen molar-refractivity contribution in [3.05, 3.63) is 41.9 Å². The highest BCUT2D eigenvalue weighted by atomic mass is 16.7. The molecule has 2 heterocycles. The van der Waals surface area contributed by atoms with Crippen molar-refractivity contribution in [3.8, 4) is 11.5 Å². The highest BCUT2D eigenvalue weighted by Gasteiger charge is 2.13. The summed E-state index contributed by atoms with van der Waals surface area (Å²) in [5, 5.41) is 6.03. The third-order valence-electron chi connectivity index (χ3n) is 3.63. The van der Waals surface area contributed by atoms with Crippen LogP contribution in [0.4, 0.5) is 5.82 Å². The van der Waals surface area contributed by atoms with Crippen LogP contribution < -0.4 is 20.1 Å². The van der Waals surface area contributed by atoms with Gasteiger partial charge in [-0.2, -0.15) is 0 Å². The fourth-order valence-corrected chi connectivity index (χ4v) is 2.29. The minimum absolute atomic E-state index is 0.183. The molecule has 126 valence electrons. The number of carbonyl (C=O) groups excluding carboxylic acids is 1. The fraction of sp³-hybridized carbons (Fsp3) is 0.353. The highest BCUT2D eigenvalue weighted by molar-refractivity contribution is 5.92. The minimum atomic E-state index is -0.183. The second-order valence-electron chi connectivity index (χ2n) is 5.44. The number of rotatable bonds is 7. The van der Waals surface area contributed by atoms with Crippen molar-refractivity contribution in [1.82, 2.24) is 15.3 Å². The van der Waals surface area contributed by atoms with Crippen LogP contribution in [0.1, 0.15) is 35.8 Å². The summed E-state index contributed by atoms with van der Waals surface area (Å²) in [6.07, 6.45) is 3.37. The predicted molar refractivity (Wildman–Crippen MR) is 89.2 cm³/mol. The molecule has 7 nitrogen and oxygen atoms in total. The lowest BCUT2D eigenvalue weighted by Crippen LogP contribution is -2.25. The van der Waals surface area contributed by atoms with Crippen LogP contribution in [0, 0.1) is 0 Å². The molecule has 0 unspecified atom stereocenters. The maximum Gasteiger partial charge on any atom is 0.270 e. The van der Waals surface area contributed by atoms with Gasteiger partial charge in [-0.25, -0.2) is 9.97 Å². The number of hydrogen-bond donors (Lipinski definition) is 2. The van der Waals surface area contributed by atoms with Crippen molar-refractivity contribution in [2.24, 2.45) is 0 Å². The van der Waals surface area contributed by atoms with E-state index in [1.54, 1.807) is 6.07 Å². The fourth-order valence-electron chi connectivity index (χ4n) is 2.29. The van der Waals surface area contributed by atoms with Crippen molar-refractivity contribution in [3.63, 3.8) is 0 Å². The van der Waals surface area contributed by atoms with Crippen molar-refractivity contribution >= 4 is 11.7 Å². The maximum atomic E-state index is 12.0. The van der Waals surface area contributed by atoms with Gasteiger partial charge in [0.05, 0.1) is 0 Å². The minimum Gasteiger partial charge on any atom is -0.454 e. The summed E-state index contributed by atoms with van der Waals surface area (Å²) in [6.45, 7) is 3.55. The molecule has 0 bridgehead atoms. The van der Waals surface area contributed by atoms with Crippen molar-refractivity contribution < 1.29 is 14.3 Å². The summed E-state index contributed by atoms with van der Waals surface area (Å²) in [5.41, 5.74) is 1.39. The van der Waals surface area contributed by atoms with Crippen LogP contribution in [-0.4, -0.2) is 29.2 Å². The Morgan fingerprint density at radius 3 is 2.96 bits per heavy atom. The Hall–Kier alpha value is -2.83. The Morgan fingerprint density at radius 1 is 1.21 bits per heavy atom. The molecular weight excluding hydrogens is 308 g/mol. The molecule has 2 aromatic rings. The van der Waals surface area contributed by atoms with Crippen LogP contribution in [0.25, 0.3) is 0 Å². The lowest BCUT2D eigenvalue weighted by Gasteiger charge is -2.08. The summed E-state index contributed by atoms with van der Waals surface area (Å²) in [4.78, 5) is 20.2. The smallest absolute Gasteiger partial charge is 0.270 e. The van der Waals surface area contributed by atoms with Crippen LogP contribution in [0.5, 0.6) is 11.5 Å². The standard InChI is InChI=1S/C17H20N4O3/c1-2-3-6-18-17(22)13-8-16(21-10-20-13)19-9-12-4-5-14-15(7-12)24-11-23-14/h4-5,7-8,10H,2-3,6,9,11H2,1H3,(H,18,22)(H,19,20,21). The van der Waals surface area contributed by atoms with Gasteiger partial charge in [-0.1, -0.05) is 19.4 Å². The van der Waals surface area contributed by atoms with E-state index in [2.05, 4.69) is 27.5 Å². The van der Waals surface area contributed by atoms with Crippen LogP contribution in [0.2, 0.25) is 0 Å². The normalized spacial score (nSPS) is 12.0. The third-order valence-corrected chi connectivity index (χ3v) is 3.63. The number of ether oxygens (including phenoxy) is 2. The van der Waals surface area contributed by atoms with Crippen LogP contribution >= 0.6 is 0 Å². The van der Waals surface area contributed by atoms with E-state index in [9.17, 15) is 4.79 Å². The number of carbonyl (C=O) groups is 1. The molecule has 0 atom stereocenters. The molecule has 1 aromatic heterocycles. The summed E-state index contributed by atoms with van der Waals surface area (Å²) in [6, 6.07) is 7.41. The van der Waals surface area contributed by atoms with Gasteiger partial charge >= 0.3 is 0 Å². The molecule has 1 amide bonds. The third kappa shape index (κ3) is 3.92. The summed E-state index contributed by atoms with van der Waals surface area (Å²) in [7, 11) is 0. The van der Waals surface area contributed by atoms with Gasteiger partial charge in [-0.3, -0.25) is 4.79 Å². The number of nitrogens with one attached hydrogen (secondary N) is 2. The largest absolute Gasteiger partial charge is 0.454 e. The molecule has 3 rings (SSSR count). The van der Waals surface area contributed by atoms with E-state index in [0.29, 0.717) is 24.6 Å². The number of nitrogens with zero attached hydrogens (tertiary/aromatic N) is 2. The van der Waals surface area contributed by atoms with Gasteiger partial charge < -0.3 is 20.1 Å². The van der Waals surface area contributed by atoms with Gasteiger partial charge in [0, 0.05) is 19.2 Å². The molecule has 0 saturated heterocycles. The number of fused-ring (bicyclic) bond motifs is 1. The van der Waals surface area contributed by atoms with Gasteiger partial charge in [0.2, 0.25) is 6.79 Å². The molecular formula is C17H20N4O3. The molecule has 1 aliphatic heterocycles. The summed E-state index contributed by atoms with van der Waals surface area (Å²) >= 11 is 0. The molecule has 0 aliphatic carbocycles. The number of hydrogen-bond acceptors (Lipinski definition) is 6. The molecule has 24 heavy (non-hydrogen) atoms. The lowest BCUT2D eigenvalue weighted by atomic mass is 10.2. The quantitative estimate of drug-likeness (QED) is 0.759. The first-order valence-electron chi connectivity index (χ1n) is 7.99. The van der Waals surface area contributed by atoms with E-state index < -0.39 is 0 Å². The van der Waals surface area contributed by atoms with E-state index >= 15 is 0 Å². The Morgan fingerprint density at radius 2 is 2.08 bits per heavy atom. The molecule has 1 aromatic carbocycles. The van der Waals surface area contributed by atoms with Gasteiger partial charge in [0.15, 0.2) is 11.5 Å². The van der Waals surface area contributed by atoms with E-state index in [4.69, 9.17) is 9.47 Å². The molecule has 0 saturated carbocycles. The topological polar surface area (TPSA) is 85.4 Å². The summed E-state index contributed by atoms with van der Waals surface area (Å²) in [5.74, 6) is 1.92. The zero-order valence-corrected chi connectivity index (χ0v) is 13.5. The Kier molecular flexibility index (Phi) is 5.10. The highest BCUT2D eigenvalue weighted by Crippen LogP contribution is 2.32. The molecule has 2 N–H and O–H groups in total. The average molecular weight is 328 g/mol. The maximum absolute atomic E-state index is 12.0. The van der Waals surface area contributed by atoms with Crippen molar-refractivity contribution in [2.45, 2.75) is 26.3 Å². The first-order valence-corrected chi connectivity index (χ1v) is 7.99. The number of unbranched alkanes of at least 4 members (excludes halogenated alkanes) is 1. The van der Waals surface area contributed by atoms with Crippen LogP contribution in [0.3, 0.4) is 0 Å². The number of anilines is 1. The zero-order valence-electron chi connectivity index (χ0n) is 13.5. The van der Waals surface area contributed by atoms with Crippen LogP contribution in [0.15, 0.2) is 30.6 Å². The Balaban J connectivity index is 1.59. The Bertz CT molecular complexity index is 721. The van der Waals surface area contributed by atoms with Crippen molar-refractivity contribution in [1.29, 1.82) is 0 Å². The summed E-state index contributed by atoms with van der Waals surface area (Å²) < 4.78 is 10.7. The van der Waals surface area contributed by atoms with E-state index in [0.717, 1.165) is 29.9 Å². The first kappa shape index (κ1) is 16.0. The van der Waals surface area contributed by atoms with Crippen molar-refractivity contribution in [2.75, 3.05) is 18.7 Å². The zero-order chi connectivity index (χ0) is 16.8. The van der Waals surface area contributed by atoms with Gasteiger partial charge in [-0.15, -0.1) is 0 Å². The lowest BCUT2D eigenvalue weighted by molar-refractivity contribution is 0.0948. The number of amides is 1. The second kappa shape index (κ2) is 7.63. The SMILES string of the molecule is CCCCNC(=O)c1cc(NCc2ccc3c(c2)OCO3)ncn1.